The quantitative estimate of drug-likeness (QED) is 0.623. The first-order valence-corrected chi connectivity index (χ1v) is 5.31. The van der Waals surface area contributed by atoms with E-state index in [9.17, 15) is 34.8 Å². The van der Waals surface area contributed by atoms with Crippen LogP contribution in [0.25, 0.3) is 0 Å². The highest BCUT2D eigenvalue weighted by molar-refractivity contribution is 7.86. The van der Waals surface area contributed by atoms with Crippen LogP contribution in [0.3, 0.4) is 0 Å². The van der Waals surface area contributed by atoms with Crippen LogP contribution in [0.1, 0.15) is 20.3 Å². The summed E-state index contributed by atoms with van der Waals surface area (Å²) in [6, 6.07) is 0. The zero-order valence-corrected chi connectivity index (χ0v) is 9.04. The molecular formula is C6H10F6O3S. The highest BCUT2D eigenvalue weighted by Gasteiger charge is 2.64. The van der Waals surface area contributed by atoms with E-state index in [4.69, 9.17) is 4.55 Å². The smallest absolute Gasteiger partial charge is 0.281 e. The monoisotopic (exact) mass is 276 g/mol. The van der Waals surface area contributed by atoms with Crippen molar-refractivity contribution < 1.29 is 39.3 Å². The Balaban J connectivity index is 0. The molecule has 3 nitrogen and oxygen atoms in total. The summed E-state index contributed by atoms with van der Waals surface area (Å²) < 4.78 is 96.1. The summed E-state index contributed by atoms with van der Waals surface area (Å²) in [5, 5.41) is -5.88. The van der Waals surface area contributed by atoms with Gasteiger partial charge in [0.05, 0.1) is 0 Å². The second kappa shape index (κ2) is 5.71. The summed E-state index contributed by atoms with van der Waals surface area (Å²) in [4.78, 5) is 0. The van der Waals surface area contributed by atoms with Crippen LogP contribution >= 0.6 is 0 Å². The molecule has 0 aromatic carbocycles. The molecule has 0 aliphatic rings. The van der Waals surface area contributed by atoms with Crippen LogP contribution in [-0.4, -0.2) is 30.6 Å². The van der Waals surface area contributed by atoms with Gasteiger partial charge in [-0.05, 0) is 0 Å². The van der Waals surface area contributed by atoms with E-state index in [0.717, 1.165) is 0 Å². The van der Waals surface area contributed by atoms with E-state index in [2.05, 4.69) is 13.8 Å². The van der Waals surface area contributed by atoms with Gasteiger partial charge in [-0.15, -0.1) is 0 Å². The minimum atomic E-state index is -6.41. The fourth-order valence-corrected chi connectivity index (χ4v) is 0.716. The van der Waals surface area contributed by atoms with Crippen LogP contribution in [0.2, 0.25) is 0 Å². The first kappa shape index (κ1) is 17.9. The third-order valence-electron chi connectivity index (χ3n) is 0.926. The molecule has 0 spiro atoms. The Morgan fingerprint density at radius 2 is 1.38 bits per heavy atom. The van der Waals surface area contributed by atoms with Gasteiger partial charge < -0.3 is 0 Å². The maximum atomic E-state index is 11.9. The van der Waals surface area contributed by atoms with Crippen molar-refractivity contribution >= 4 is 10.1 Å². The minimum absolute atomic E-state index is 1.25. The van der Waals surface area contributed by atoms with Gasteiger partial charge >= 0.3 is 21.5 Å². The van der Waals surface area contributed by atoms with E-state index in [1.165, 1.54) is 6.42 Å². The third-order valence-corrected chi connectivity index (χ3v) is 1.82. The summed E-state index contributed by atoms with van der Waals surface area (Å²) in [5.41, 5.74) is 0. The van der Waals surface area contributed by atoms with Crippen LogP contribution < -0.4 is 0 Å². The first-order chi connectivity index (χ1) is 6.82. The molecule has 0 saturated carbocycles. The molecule has 0 fully saturated rings. The standard InChI is InChI=1S/C3H2F6O3S.C3H8/c4-1(2(5,6)7)3(8,9)13(10,11)12;1-3-2/h1H,(H,10,11,12);3H2,1-2H3. The molecule has 0 aromatic rings. The molecule has 0 radical (unpaired) electrons. The number of rotatable bonds is 2. The van der Waals surface area contributed by atoms with E-state index < -0.39 is 27.7 Å². The van der Waals surface area contributed by atoms with Crippen molar-refractivity contribution in [1.29, 1.82) is 0 Å². The molecule has 0 heterocycles. The molecule has 100 valence electrons. The van der Waals surface area contributed by atoms with E-state index in [1.54, 1.807) is 0 Å². The second-order valence-electron chi connectivity index (χ2n) is 2.65. The van der Waals surface area contributed by atoms with E-state index >= 15 is 0 Å². The highest BCUT2D eigenvalue weighted by atomic mass is 32.2. The molecule has 16 heavy (non-hydrogen) atoms. The summed E-state index contributed by atoms with van der Waals surface area (Å²) in [7, 11) is -6.41. The lowest BCUT2D eigenvalue weighted by Crippen LogP contribution is -2.46. The molecule has 1 atom stereocenters. The third kappa shape index (κ3) is 5.01. The van der Waals surface area contributed by atoms with Crippen molar-refractivity contribution in [3.05, 3.63) is 0 Å². The van der Waals surface area contributed by atoms with Crippen molar-refractivity contribution in [2.24, 2.45) is 0 Å². The van der Waals surface area contributed by atoms with Gasteiger partial charge in [0.15, 0.2) is 0 Å². The molecule has 1 N–H and O–H groups in total. The molecule has 0 rings (SSSR count). The Labute approximate surface area is 88.2 Å². The molecule has 0 amide bonds. The summed E-state index contributed by atoms with van der Waals surface area (Å²) in [5.74, 6) is 0. The maximum Gasteiger partial charge on any atom is 0.426 e. The minimum Gasteiger partial charge on any atom is -0.281 e. The van der Waals surface area contributed by atoms with Gasteiger partial charge in [-0.1, -0.05) is 20.3 Å². The van der Waals surface area contributed by atoms with E-state index in [1.807, 2.05) is 0 Å². The van der Waals surface area contributed by atoms with Gasteiger partial charge in [-0.2, -0.15) is 30.4 Å². The Bertz CT molecular complexity index is 296. The lowest BCUT2D eigenvalue weighted by molar-refractivity contribution is -0.223. The van der Waals surface area contributed by atoms with Crippen LogP contribution in [0.15, 0.2) is 0 Å². The predicted molar refractivity (Wildman–Crippen MR) is 43.4 cm³/mol. The van der Waals surface area contributed by atoms with E-state index in [0.29, 0.717) is 0 Å². The van der Waals surface area contributed by atoms with Crippen molar-refractivity contribution in [2.75, 3.05) is 0 Å². The van der Waals surface area contributed by atoms with Crippen LogP contribution in [0, 0.1) is 0 Å². The Morgan fingerprint density at radius 1 is 1.12 bits per heavy atom. The first-order valence-electron chi connectivity index (χ1n) is 3.87. The Morgan fingerprint density at radius 3 is 1.44 bits per heavy atom. The molecule has 0 bridgehead atoms. The number of halogens is 6. The van der Waals surface area contributed by atoms with Crippen molar-refractivity contribution in [3.63, 3.8) is 0 Å². The maximum absolute atomic E-state index is 11.9. The fraction of sp³-hybridized carbons (Fsp3) is 1.00. The largest absolute Gasteiger partial charge is 0.426 e. The number of hydrogen-bond acceptors (Lipinski definition) is 2. The average Bonchev–Trinajstić information content (AvgIpc) is 2.00. The van der Waals surface area contributed by atoms with Crippen LogP contribution in [-0.2, 0) is 10.1 Å². The van der Waals surface area contributed by atoms with Gasteiger partial charge in [0.1, 0.15) is 0 Å². The Hall–Kier alpha value is -0.510. The lowest BCUT2D eigenvalue weighted by atomic mass is 10.4. The summed E-state index contributed by atoms with van der Waals surface area (Å²) in [6.45, 7) is 4.25. The van der Waals surface area contributed by atoms with Crippen molar-refractivity contribution in [2.45, 2.75) is 37.9 Å². The predicted octanol–water partition coefficient (Wildman–Crippen LogP) is 2.78. The zero-order chi connectivity index (χ0) is 13.8. The average molecular weight is 276 g/mol. The van der Waals surface area contributed by atoms with Crippen molar-refractivity contribution in [1.82, 2.24) is 0 Å². The number of alkyl halides is 6. The lowest BCUT2D eigenvalue weighted by Gasteiger charge is -2.19. The molecule has 10 heteroatoms. The SMILES string of the molecule is CCC.O=S(=O)(O)C(F)(F)C(F)C(F)(F)F. The molecular weight excluding hydrogens is 266 g/mol. The second-order valence-corrected chi connectivity index (χ2v) is 4.14. The van der Waals surface area contributed by atoms with Gasteiger partial charge in [0, 0.05) is 0 Å². The fourth-order valence-electron chi connectivity index (χ4n) is 0.321. The number of hydrogen-bond donors (Lipinski definition) is 1. The molecule has 0 saturated heterocycles. The van der Waals surface area contributed by atoms with Crippen molar-refractivity contribution in [3.8, 4) is 0 Å². The van der Waals surface area contributed by atoms with E-state index in [-0.39, 0.29) is 0 Å². The zero-order valence-electron chi connectivity index (χ0n) is 8.22. The van der Waals surface area contributed by atoms with Gasteiger partial charge in [-0.3, -0.25) is 4.55 Å². The summed E-state index contributed by atoms with van der Waals surface area (Å²) in [6.07, 6.45) is -9.76. The van der Waals surface area contributed by atoms with Gasteiger partial charge in [-0.25, -0.2) is 4.39 Å². The topological polar surface area (TPSA) is 54.4 Å². The van der Waals surface area contributed by atoms with Crippen LogP contribution in [0.4, 0.5) is 26.3 Å². The van der Waals surface area contributed by atoms with Crippen LogP contribution in [0.5, 0.6) is 0 Å². The highest BCUT2D eigenvalue weighted by Crippen LogP contribution is 2.37. The Kier molecular flexibility index (Phi) is 6.38. The summed E-state index contributed by atoms with van der Waals surface area (Å²) >= 11 is 0. The van der Waals surface area contributed by atoms with Gasteiger partial charge in [0.2, 0.25) is 0 Å². The normalized spacial score (nSPS) is 15.1. The van der Waals surface area contributed by atoms with Gasteiger partial charge in [0.25, 0.3) is 6.17 Å². The molecule has 0 aliphatic heterocycles. The molecule has 1 unspecified atom stereocenters. The molecule has 0 aliphatic carbocycles. The molecule has 0 aromatic heterocycles.